The maximum absolute atomic E-state index is 11.8. The summed E-state index contributed by atoms with van der Waals surface area (Å²) in [5.41, 5.74) is 6.09. The highest BCUT2D eigenvalue weighted by Gasteiger charge is 2.17. The summed E-state index contributed by atoms with van der Waals surface area (Å²) in [4.78, 5) is 25.0. The molecule has 0 aliphatic rings. The molecule has 5 nitrogen and oxygen atoms in total. The molecule has 0 saturated heterocycles. The number of rotatable bonds is 4. The molecule has 0 atom stereocenters. The van der Waals surface area contributed by atoms with Crippen molar-refractivity contribution < 1.29 is 9.59 Å². The SMILES string of the molecule is CCNC(=O)CN(C)C(=O)c1sccc1N. The Kier molecular flexibility index (Phi) is 4.30. The zero-order chi connectivity index (χ0) is 12.1. The number of nitrogens with zero attached hydrogens (tertiary/aromatic N) is 1. The highest BCUT2D eigenvalue weighted by atomic mass is 32.1. The fourth-order valence-corrected chi connectivity index (χ4v) is 2.02. The first-order valence-corrected chi connectivity index (χ1v) is 5.79. The summed E-state index contributed by atoms with van der Waals surface area (Å²) in [7, 11) is 1.58. The number of likely N-dealkylation sites (N-methyl/N-ethyl adjacent to an activating group) is 2. The fourth-order valence-electron chi connectivity index (χ4n) is 1.21. The zero-order valence-electron chi connectivity index (χ0n) is 9.32. The molecule has 88 valence electrons. The van der Waals surface area contributed by atoms with Gasteiger partial charge < -0.3 is 16.0 Å². The first-order chi connectivity index (χ1) is 7.56. The predicted octanol–water partition coefficient (Wildman–Crippen LogP) is 0.538. The molecule has 0 aromatic carbocycles. The number of carbonyl (C=O) groups excluding carboxylic acids is 2. The third kappa shape index (κ3) is 2.96. The summed E-state index contributed by atoms with van der Waals surface area (Å²) >= 11 is 1.28. The lowest BCUT2D eigenvalue weighted by atomic mass is 10.3. The number of carbonyl (C=O) groups is 2. The van der Waals surface area contributed by atoms with Crippen molar-refractivity contribution in [2.45, 2.75) is 6.92 Å². The van der Waals surface area contributed by atoms with Crippen LogP contribution in [-0.2, 0) is 4.79 Å². The standard InChI is InChI=1S/C10H15N3O2S/c1-3-12-8(14)6-13(2)10(15)9-7(11)4-5-16-9/h4-5H,3,6,11H2,1-2H3,(H,12,14). The normalized spacial score (nSPS) is 9.88. The molecular formula is C10H15N3O2S. The van der Waals surface area contributed by atoms with E-state index in [2.05, 4.69) is 5.32 Å². The fraction of sp³-hybridized carbons (Fsp3) is 0.400. The van der Waals surface area contributed by atoms with Crippen molar-refractivity contribution in [2.24, 2.45) is 0 Å². The van der Waals surface area contributed by atoms with Gasteiger partial charge >= 0.3 is 0 Å². The molecule has 3 N–H and O–H groups in total. The Morgan fingerprint density at radius 3 is 2.75 bits per heavy atom. The smallest absolute Gasteiger partial charge is 0.266 e. The van der Waals surface area contributed by atoms with E-state index in [-0.39, 0.29) is 18.4 Å². The zero-order valence-corrected chi connectivity index (χ0v) is 10.1. The summed E-state index contributed by atoms with van der Waals surface area (Å²) in [6, 6.07) is 1.68. The predicted molar refractivity (Wildman–Crippen MR) is 64.4 cm³/mol. The molecule has 2 amide bonds. The van der Waals surface area contributed by atoms with E-state index in [1.807, 2.05) is 6.92 Å². The lowest BCUT2D eigenvalue weighted by Gasteiger charge is -2.15. The summed E-state index contributed by atoms with van der Waals surface area (Å²) in [5, 5.41) is 4.38. The van der Waals surface area contributed by atoms with Crippen LogP contribution in [0.15, 0.2) is 11.4 Å². The summed E-state index contributed by atoms with van der Waals surface area (Å²) in [6.07, 6.45) is 0. The van der Waals surface area contributed by atoms with Gasteiger partial charge in [0.05, 0.1) is 12.2 Å². The van der Waals surface area contributed by atoms with Crippen molar-refractivity contribution in [3.8, 4) is 0 Å². The van der Waals surface area contributed by atoms with Gasteiger partial charge in [0.1, 0.15) is 4.88 Å². The highest BCUT2D eigenvalue weighted by molar-refractivity contribution is 7.12. The molecule has 1 rings (SSSR count). The number of hydrogen-bond acceptors (Lipinski definition) is 4. The lowest BCUT2D eigenvalue weighted by Crippen LogP contribution is -2.38. The Balaban J connectivity index is 2.61. The molecule has 16 heavy (non-hydrogen) atoms. The molecule has 0 radical (unpaired) electrons. The highest BCUT2D eigenvalue weighted by Crippen LogP contribution is 2.20. The number of nitrogen functional groups attached to an aromatic ring is 1. The minimum absolute atomic E-state index is 0.0456. The van der Waals surface area contributed by atoms with Crippen molar-refractivity contribution in [3.63, 3.8) is 0 Å². The van der Waals surface area contributed by atoms with Crippen LogP contribution in [0.5, 0.6) is 0 Å². The second kappa shape index (κ2) is 5.50. The van der Waals surface area contributed by atoms with E-state index < -0.39 is 0 Å². The Bertz CT molecular complexity index is 389. The molecule has 1 aromatic heterocycles. The van der Waals surface area contributed by atoms with Gasteiger partial charge in [0.15, 0.2) is 0 Å². The molecular weight excluding hydrogens is 226 g/mol. The van der Waals surface area contributed by atoms with E-state index in [0.29, 0.717) is 17.1 Å². The topological polar surface area (TPSA) is 75.4 Å². The van der Waals surface area contributed by atoms with Crippen LogP contribution in [0, 0.1) is 0 Å². The Labute approximate surface area is 98.2 Å². The van der Waals surface area contributed by atoms with Crippen molar-refractivity contribution in [1.82, 2.24) is 10.2 Å². The van der Waals surface area contributed by atoms with Gasteiger partial charge in [0.2, 0.25) is 5.91 Å². The first kappa shape index (κ1) is 12.5. The van der Waals surface area contributed by atoms with Gasteiger partial charge in [-0.1, -0.05) is 0 Å². The van der Waals surface area contributed by atoms with Gasteiger partial charge in [-0.25, -0.2) is 0 Å². The van der Waals surface area contributed by atoms with Gasteiger partial charge in [-0.3, -0.25) is 9.59 Å². The number of nitrogens with one attached hydrogen (secondary N) is 1. The van der Waals surface area contributed by atoms with Crippen molar-refractivity contribution in [1.29, 1.82) is 0 Å². The minimum atomic E-state index is -0.223. The molecule has 0 unspecified atom stereocenters. The van der Waals surface area contributed by atoms with E-state index in [1.165, 1.54) is 16.2 Å². The average molecular weight is 241 g/mol. The number of thiophene rings is 1. The van der Waals surface area contributed by atoms with Crippen molar-refractivity contribution >= 4 is 28.8 Å². The molecule has 0 bridgehead atoms. The van der Waals surface area contributed by atoms with E-state index in [1.54, 1.807) is 18.5 Å². The van der Waals surface area contributed by atoms with E-state index in [9.17, 15) is 9.59 Å². The molecule has 1 heterocycles. The van der Waals surface area contributed by atoms with Crippen LogP contribution >= 0.6 is 11.3 Å². The van der Waals surface area contributed by atoms with Gasteiger partial charge in [-0.2, -0.15) is 0 Å². The Morgan fingerprint density at radius 1 is 1.56 bits per heavy atom. The molecule has 0 spiro atoms. The maximum atomic E-state index is 11.8. The third-order valence-electron chi connectivity index (χ3n) is 1.99. The summed E-state index contributed by atoms with van der Waals surface area (Å²) in [5.74, 6) is -0.396. The molecule has 0 aliphatic heterocycles. The Morgan fingerprint density at radius 2 is 2.25 bits per heavy atom. The minimum Gasteiger partial charge on any atom is -0.397 e. The van der Waals surface area contributed by atoms with Crippen molar-refractivity contribution in [3.05, 3.63) is 16.3 Å². The molecule has 0 aliphatic carbocycles. The largest absolute Gasteiger partial charge is 0.397 e. The van der Waals surface area contributed by atoms with Gasteiger partial charge in [-0.05, 0) is 18.4 Å². The summed E-state index contributed by atoms with van der Waals surface area (Å²) in [6.45, 7) is 2.43. The van der Waals surface area contributed by atoms with Gasteiger partial charge in [-0.15, -0.1) is 11.3 Å². The number of amides is 2. The molecule has 1 aromatic rings. The number of anilines is 1. The third-order valence-corrected chi connectivity index (χ3v) is 2.91. The molecule has 0 fully saturated rings. The van der Waals surface area contributed by atoms with Crippen LogP contribution in [0.25, 0.3) is 0 Å². The molecule has 6 heteroatoms. The van der Waals surface area contributed by atoms with Crippen LogP contribution < -0.4 is 11.1 Å². The van der Waals surface area contributed by atoms with Crippen LogP contribution in [0.4, 0.5) is 5.69 Å². The van der Waals surface area contributed by atoms with Crippen LogP contribution in [0.1, 0.15) is 16.6 Å². The lowest BCUT2D eigenvalue weighted by molar-refractivity contribution is -0.121. The quantitative estimate of drug-likeness (QED) is 0.807. The van der Waals surface area contributed by atoms with E-state index in [4.69, 9.17) is 5.73 Å². The second-order valence-corrected chi connectivity index (χ2v) is 4.24. The molecule has 0 saturated carbocycles. The number of nitrogens with two attached hydrogens (primary N) is 1. The van der Waals surface area contributed by atoms with E-state index in [0.717, 1.165) is 0 Å². The van der Waals surface area contributed by atoms with Gasteiger partial charge in [0.25, 0.3) is 5.91 Å². The Hall–Kier alpha value is -1.56. The monoisotopic (exact) mass is 241 g/mol. The van der Waals surface area contributed by atoms with Gasteiger partial charge in [0, 0.05) is 13.6 Å². The van der Waals surface area contributed by atoms with Crippen LogP contribution in [-0.4, -0.2) is 36.9 Å². The van der Waals surface area contributed by atoms with Crippen LogP contribution in [0.2, 0.25) is 0 Å². The summed E-state index contributed by atoms with van der Waals surface area (Å²) < 4.78 is 0. The first-order valence-electron chi connectivity index (χ1n) is 4.91. The van der Waals surface area contributed by atoms with E-state index >= 15 is 0 Å². The van der Waals surface area contributed by atoms with Crippen LogP contribution in [0.3, 0.4) is 0 Å². The average Bonchev–Trinajstić information content (AvgIpc) is 2.63. The maximum Gasteiger partial charge on any atom is 0.266 e. The van der Waals surface area contributed by atoms with Crippen molar-refractivity contribution in [2.75, 3.05) is 25.9 Å². The number of hydrogen-bond donors (Lipinski definition) is 2. The second-order valence-electron chi connectivity index (χ2n) is 3.32.